The van der Waals surface area contributed by atoms with Crippen molar-refractivity contribution in [2.75, 3.05) is 26.8 Å². The maximum atomic E-state index is 12.1. The molecule has 1 aliphatic heterocycles. The molecule has 4 heteroatoms. The first kappa shape index (κ1) is 13.7. The largest absolute Gasteiger partial charge is 0.384 e. The summed E-state index contributed by atoms with van der Waals surface area (Å²) in [5.41, 5.74) is 0.946. The van der Waals surface area contributed by atoms with Crippen molar-refractivity contribution < 1.29 is 9.53 Å². The second-order valence-electron chi connectivity index (χ2n) is 4.87. The summed E-state index contributed by atoms with van der Waals surface area (Å²) in [6.07, 6.45) is 9.11. The van der Waals surface area contributed by atoms with E-state index >= 15 is 0 Å². The molecule has 0 bridgehead atoms. The van der Waals surface area contributed by atoms with E-state index in [0.29, 0.717) is 5.92 Å². The number of carbonyl (C=O) groups excluding carboxylic acids is 1. The third-order valence-electron chi connectivity index (χ3n) is 3.34. The minimum absolute atomic E-state index is 0.0738. The number of likely N-dealkylation sites (tertiary alicyclic amines) is 1. The van der Waals surface area contributed by atoms with E-state index in [-0.39, 0.29) is 5.91 Å². The fourth-order valence-corrected chi connectivity index (χ4v) is 2.38. The first-order chi connectivity index (χ1) is 9.29. The molecule has 0 saturated carbocycles. The molecule has 1 fully saturated rings. The lowest BCUT2D eigenvalue weighted by molar-refractivity contribution is -0.128. The number of ether oxygens (including phenoxy) is 1. The van der Waals surface area contributed by atoms with Crippen LogP contribution in [-0.2, 0) is 9.53 Å². The van der Waals surface area contributed by atoms with E-state index in [2.05, 4.69) is 4.98 Å². The van der Waals surface area contributed by atoms with Gasteiger partial charge in [0.25, 0.3) is 0 Å². The Morgan fingerprint density at radius 2 is 2.53 bits per heavy atom. The third kappa shape index (κ3) is 4.17. The van der Waals surface area contributed by atoms with Crippen molar-refractivity contribution in [3.8, 4) is 0 Å². The van der Waals surface area contributed by atoms with Crippen LogP contribution >= 0.6 is 0 Å². The molecule has 4 nitrogen and oxygen atoms in total. The summed E-state index contributed by atoms with van der Waals surface area (Å²) in [4.78, 5) is 18.0. The Kier molecular flexibility index (Phi) is 5.10. The Labute approximate surface area is 114 Å². The number of rotatable bonds is 4. The molecule has 1 amide bonds. The van der Waals surface area contributed by atoms with Gasteiger partial charge in [0.05, 0.1) is 6.61 Å². The summed E-state index contributed by atoms with van der Waals surface area (Å²) >= 11 is 0. The number of nitrogens with zero attached hydrogens (tertiary/aromatic N) is 2. The second kappa shape index (κ2) is 7.04. The summed E-state index contributed by atoms with van der Waals surface area (Å²) < 4.78 is 5.17. The molecule has 19 heavy (non-hydrogen) atoms. The Morgan fingerprint density at radius 1 is 1.63 bits per heavy atom. The average Bonchev–Trinajstić information content (AvgIpc) is 2.46. The summed E-state index contributed by atoms with van der Waals surface area (Å²) in [5, 5.41) is 0. The molecule has 102 valence electrons. The maximum absolute atomic E-state index is 12.1. The van der Waals surface area contributed by atoms with E-state index in [1.54, 1.807) is 25.6 Å². The van der Waals surface area contributed by atoms with Crippen molar-refractivity contribution in [2.24, 2.45) is 5.92 Å². The number of methoxy groups -OCH3 is 1. The van der Waals surface area contributed by atoms with Gasteiger partial charge in [-0.25, -0.2) is 0 Å². The monoisotopic (exact) mass is 260 g/mol. The summed E-state index contributed by atoms with van der Waals surface area (Å²) in [6.45, 7) is 2.37. The average molecular weight is 260 g/mol. The minimum atomic E-state index is 0.0738. The summed E-state index contributed by atoms with van der Waals surface area (Å²) in [7, 11) is 1.71. The van der Waals surface area contributed by atoms with Gasteiger partial charge in [-0.1, -0.05) is 6.07 Å². The van der Waals surface area contributed by atoms with Gasteiger partial charge in [-0.3, -0.25) is 9.78 Å². The van der Waals surface area contributed by atoms with Crippen molar-refractivity contribution in [1.29, 1.82) is 0 Å². The quantitative estimate of drug-likeness (QED) is 0.777. The fourth-order valence-electron chi connectivity index (χ4n) is 2.38. The van der Waals surface area contributed by atoms with Gasteiger partial charge in [-0.15, -0.1) is 0 Å². The topological polar surface area (TPSA) is 42.4 Å². The Bertz CT molecular complexity index is 429. The van der Waals surface area contributed by atoms with Crippen LogP contribution in [0.15, 0.2) is 30.6 Å². The SMILES string of the molecule is COC[C@@H]1CCCN(C(=O)/C=C\c2cccnc2)C1. The van der Waals surface area contributed by atoms with Crippen molar-refractivity contribution in [1.82, 2.24) is 9.88 Å². The molecule has 0 spiro atoms. The molecule has 0 aliphatic carbocycles. The predicted octanol–water partition coefficient (Wildman–Crippen LogP) is 1.98. The van der Waals surface area contributed by atoms with E-state index in [0.717, 1.165) is 38.1 Å². The molecule has 0 unspecified atom stereocenters. The number of piperidine rings is 1. The lowest BCUT2D eigenvalue weighted by Gasteiger charge is -2.31. The standard InChI is InChI=1S/C15H20N2O2/c1-19-12-14-5-3-9-17(11-14)15(18)7-6-13-4-2-8-16-10-13/h2,4,6-8,10,14H,3,5,9,11-12H2,1H3/b7-6-/t14-/m1/s1. The van der Waals surface area contributed by atoms with Crippen molar-refractivity contribution >= 4 is 12.0 Å². The summed E-state index contributed by atoms with van der Waals surface area (Å²) in [6, 6.07) is 3.79. The number of aromatic nitrogens is 1. The highest BCUT2D eigenvalue weighted by atomic mass is 16.5. The van der Waals surface area contributed by atoms with E-state index in [9.17, 15) is 4.79 Å². The molecule has 1 aliphatic rings. The van der Waals surface area contributed by atoms with E-state index in [1.807, 2.05) is 23.1 Å². The van der Waals surface area contributed by atoms with Crippen LogP contribution in [0, 0.1) is 5.92 Å². The molecule has 0 aromatic carbocycles. The molecular weight excluding hydrogens is 240 g/mol. The van der Waals surface area contributed by atoms with Crippen LogP contribution in [-0.4, -0.2) is 42.6 Å². The van der Waals surface area contributed by atoms with Gasteiger partial charge >= 0.3 is 0 Å². The molecule has 0 N–H and O–H groups in total. The van der Waals surface area contributed by atoms with Crippen LogP contribution in [0.25, 0.3) is 6.08 Å². The molecule has 1 atom stereocenters. The zero-order chi connectivity index (χ0) is 13.5. The van der Waals surface area contributed by atoms with Gasteiger partial charge in [-0.2, -0.15) is 0 Å². The lowest BCUT2D eigenvalue weighted by atomic mass is 9.99. The first-order valence-electron chi connectivity index (χ1n) is 6.65. The number of hydrogen-bond donors (Lipinski definition) is 0. The molecule has 0 radical (unpaired) electrons. The highest BCUT2D eigenvalue weighted by molar-refractivity contribution is 5.91. The zero-order valence-electron chi connectivity index (χ0n) is 11.3. The van der Waals surface area contributed by atoms with Crippen LogP contribution in [0.4, 0.5) is 0 Å². The third-order valence-corrected chi connectivity index (χ3v) is 3.34. The zero-order valence-corrected chi connectivity index (χ0v) is 11.3. The number of amides is 1. The highest BCUT2D eigenvalue weighted by Gasteiger charge is 2.21. The molecule has 2 heterocycles. The van der Waals surface area contributed by atoms with Gasteiger partial charge in [-0.05, 0) is 36.5 Å². The van der Waals surface area contributed by atoms with Crippen LogP contribution < -0.4 is 0 Å². The van der Waals surface area contributed by atoms with Crippen molar-refractivity contribution in [2.45, 2.75) is 12.8 Å². The molecule has 1 saturated heterocycles. The second-order valence-corrected chi connectivity index (χ2v) is 4.87. The molecule has 1 aromatic rings. The molecule has 1 aromatic heterocycles. The Hall–Kier alpha value is -1.68. The summed E-state index contributed by atoms with van der Waals surface area (Å²) in [5.74, 6) is 0.541. The van der Waals surface area contributed by atoms with Crippen LogP contribution in [0.3, 0.4) is 0 Å². The number of carbonyl (C=O) groups is 1. The van der Waals surface area contributed by atoms with Gasteiger partial charge in [0.15, 0.2) is 0 Å². The van der Waals surface area contributed by atoms with Crippen LogP contribution in [0.2, 0.25) is 0 Å². The van der Waals surface area contributed by atoms with E-state index < -0.39 is 0 Å². The first-order valence-corrected chi connectivity index (χ1v) is 6.65. The van der Waals surface area contributed by atoms with Gasteiger partial charge in [0, 0.05) is 38.7 Å². The Balaban J connectivity index is 1.90. The van der Waals surface area contributed by atoms with Crippen molar-refractivity contribution in [3.63, 3.8) is 0 Å². The highest BCUT2D eigenvalue weighted by Crippen LogP contribution is 2.17. The van der Waals surface area contributed by atoms with Gasteiger partial charge in [0.2, 0.25) is 5.91 Å². The number of hydrogen-bond acceptors (Lipinski definition) is 3. The van der Waals surface area contributed by atoms with Crippen molar-refractivity contribution in [3.05, 3.63) is 36.2 Å². The maximum Gasteiger partial charge on any atom is 0.246 e. The predicted molar refractivity (Wildman–Crippen MR) is 74.5 cm³/mol. The minimum Gasteiger partial charge on any atom is -0.384 e. The van der Waals surface area contributed by atoms with Gasteiger partial charge < -0.3 is 9.64 Å². The normalized spacial score (nSPS) is 19.8. The van der Waals surface area contributed by atoms with Crippen LogP contribution in [0.1, 0.15) is 18.4 Å². The number of pyridine rings is 1. The van der Waals surface area contributed by atoms with E-state index in [4.69, 9.17) is 4.74 Å². The smallest absolute Gasteiger partial charge is 0.246 e. The molecular formula is C15H20N2O2. The van der Waals surface area contributed by atoms with Crippen LogP contribution in [0.5, 0.6) is 0 Å². The molecule has 2 rings (SSSR count). The Morgan fingerprint density at radius 3 is 3.26 bits per heavy atom. The van der Waals surface area contributed by atoms with Gasteiger partial charge in [0.1, 0.15) is 0 Å². The van der Waals surface area contributed by atoms with E-state index in [1.165, 1.54) is 0 Å². The fraction of sp³-hybridized carbons (Fsp3) is 0.467. The lowest BCUT2D eigenvalue weighted by Crippen LogP contribution is -2.40.